The Labute approximate surface area is 575 Å². The van der Waals surface area contributed by atoms with E-state index < -0.39 is 20.0 Å². The number of amides is 1. The Balaban J connectivity index is 4.82. The van der Waals surface area contributed by atoms with Crippen LogP contribution >= 0.6 is 7.82 Å². The minimum Gasteiger partial charge on any atom is -0.456 e. The van der Waals surface area contributed by atoms with Gasteiger partial charge in [-0.15, -0.1) is 0 Å². The maximum atomic E-state index is 13.7. The molecular formula is C82H164N2O7P+. The Morgan fingerprint density at radius 3 is 0.891 bits per heavy atom. The summed E-state index contributed by atoms with van der Waals surface area (Å²) in [6.07, 6.45) is 89.9. The van der Waals surface area contributed by atoms with Gasteiger partial charge in [0, 0.05) is 12.8 Å². The zero-order valence-electron chi connectivity index (χ0n) is 63.1. The van der Waals surface area contributed by atoms with Crippen molar-refractivity contribution in [3.8, 4) is 0 Å². The summed E-state index contributed by atoms with van der Waals surface area (Å²) in [5.41, 5.74) is 0. The summed E-state index contributed by atoms with van der Waals surface area (Å²) in [6, 6.07) is -0.842. The van der Waals surface area contributed by atoms with Gasteiger partial charge in [-0.2, -0.15) is 0 Å². The standard InChI is InChI=1S/C82H163N2O7P/c1-7-10-13-16-19-22-25-28-30-32-34-36-38-40-42-44-46-48-50-52-54-56-59-62-65-68-71-74-81(85)83-79(78-90-92(87,88)89-77-76-84(4,5)6)80(73-70-67-64-61-58-27-24-21-18-15-12-9-3)91-82(86)75-72-69-66-63-60-57-55-53-51-49-47-45-43-41-39-37-35-33-31-29-26-23-20-17-14-11-8-2/h70,73,79-80H,7-69,71-72,74-78H2,1-6H3,(H-,83,85,87,88)/p+1/b73-70+. The molecule has 0 saturated heterocycles. The van der Waals surface area contributed by atoms with Crippen LogP contribution in [0.5, 0.6) is 0 Å². The number of esters is 1. The van der Waals surface area contributed by atoms with Crippen LogP contribution in [0.3, 0.4) is 0 Å². The van der Waals surface area contributed by atoms with Crippen LogP contribution in [-0.2, 0) is 27.9 Å². The predicted octanol–water partition coefficient (Wildman–Crippen LogP) is 27.0. The summed E-state index contributed by atoms with van der Waals surface area (Å²) >= 11 is 0. The normalized spacial score (nSPS) is 13.3. The zero-order chi connectivity index (χ0) is 67.0. The van der Waals surface area contributed by atoms with Gasteiger partial charge in [-0.3, -0.25) is 18.6 Å². The molecule has 0 aromatic heterocycles. The van der Waals surface area contributed by atoms with Gasteiger partial charge in [0.1, 0.15) is 19.3 Å². The van der Waals surface area contributed by atoms with E-state index in [1.807, 2.05) is 27.2 Å². The number of nitrogens with zero attached hydrogens (tertiary/aromatic N) is 1. The predicted molar refractivity (Wildman–Crippen MR) is 402 cm³/mol. The summed E-state index contributed by atoms with van der Waals surface area (Å²) in [5.74, 6) is -0.471. The van der Waals surface area contributed by atoms with Gasteiger partial charge in [0.05, 0.1) is 33.8 Å². The molecule has 0 spiro atoms. The highest BCUT2D eigenvalue weighted by Gasteiger charge is 2.30. The quantitative estimate of drug-likeness (QED) is 0.0205. The SMILES string of the molecule is CCCCCCCCCCCC/C=C/C(OC(=O)CCCCCCCCCCCCCCCCCCCCCCCCCCCCC)C(COP(=O)(O)OCC[N+](C)(C)C)NC(=O)CCCCCCCCCCCCCCCCCCCCCCCCCCCCC. The second-order valence-electron chi connectivity index (χ2n) is 30.0. The molecule has 548 valence electrons. The first-order chi connectivity index (χ1) is 44.9. The highest BCUT2D eigenvalue weighted by atomic mass is 31.2. The first-order valence-electron chi connectivity index (χ1n) is 41.5. The minimum atomic E-state index is -4.45. The highest BCUT2D eigenvalue weighted by molar-refractivity contribution is 7.47. The number of hydrogen-bond acceptors (Lipinski definition) is 6. The van der Waals surface area contributed by atoms with Crippen molar-refractivity contribution in [2.75, 3.05) is 40.9 Å². The lowest BCUT2D eigenvalue weighted by atomic mass is 10.0. The Bertz CT molecular complexity index is 1570. The lowest BCUT2D eigenvalue weighted by molar-refractivity contribution is -0.870. The topological polar surface area (TPSA) is 111 Å². The second-order valence-corrected chi connectivity index (χ2v) is 31.5. The zero-order valence-corrected chi connectivity index (χ0v) is 64.0. The van der Waals surface area contributed by atoms with Crippen molar-refractivity contribution in [1.29, 1.82) is 0 Å². The molecule has 1 amide bonds. The van der Waals surface area contributed by atoms with E-state index in [1.54, 1.807) is 0 Å². The second kappa shape index (κ2) is 72.5. The number of rotatable bonds is 78. The molecule has 0 fully saturated rings. The molecule has 0 aromatic carbocycles. The molecule has 10 heteroatoms. The number of unbranched alkanes of at least 4 members (excludes halogenated alkanes) is 62. The summed E-state index contributed by atoms with van der Waals surface area (Å²) in [6.45, 7) is 7.12. The number of phosphoric ester groups is 1. The lowest BCUT2D eigenvalue weighted by Crippen LogP contribution is -2.47. The molecule has 0 aliphatic carbocycles. The van der Waals surface area contributed by atoms with Gasteiger partial charge in [-0.05, 0) is 31.8 Å². The number of quaternary nitrogens is 1. The van der Waals surface area contributed by atoms with E-state index in [-0.39, 0.29) is 25.1 Å². The average molecular weight is 1320 g/mol. The van der Waals surface area contributed by atoms with Crippen molar-refractivity contribution in [2.24, 2.45) is 0 Å². The van der Waals surface area contributed by atoms with E-state index in [4.69, 9.17) is 13.8 Å². The summed E-state index contributed by atoms with van der Waals surface area (Å²) in [7, 11) is 1.53. The maximum Gasteiger partial charge on any atom is 0.472 e. The summed E-state index contributed by atoms with van der Waals surface area (Å²) < 4.78 is 31.0. The number of nitrogens with one attached hydrogen (secondary N) is 1. The molecule has 92 heavy (non-hydrogen) atoms. The van der Waals surface area contributed by atoms with E-state index >= 15 is 0 Å². The molecule has 9 nitrogen and oxygen atoms in total. The number of phosphoric acid groups is 1. The van der Waals surface area contributed by atoms with Gasteiger partial charge in [0.25, 0.3) is 0 Å². The van der Waals surface area contributed by atoms with E-state index in [2.05, 4.69) is 32.2 Å². The van der Waals surface area contributed by atoms with Gasteiger partial charge >= 0.3 is 13.8 Å². The van der Waals surface area contributed by atoms with E-state index in [0.29, 0.717) is 23.9 Å². The minimum absolute atomic E-state index is 0.0464. The monoisotopic (exact) mass is 1320 g/mol. The third kappa shape index (κ3) is 73.0. The molecule has 0 rings (SSSR count). The van der Waals surface area contributed by atoms with Crippen LogP contribution in [0.25, 0.3) is 0 Å². The molecule has 0 aliphatic heterocycles. The van der Waals surface area contributed by atoms with Crippen LogP contribution in [0.15, 0.2) is 12.2 Å². The van der Waals surface area contributed by atoms with Gasteiger partial charge in [0.15, 0.2) is 0 Å². The number of ether oxygens (including phenoxy) is 1. The van der Waals surface area contributed by atoms with Crippen LogP contribution in [0, 0.1) is 0 Å². The van der Waals surface area contributed by atoms with Crippen molar-refractivity contribution in [3.05, 3.63) is 12.2 Å². The first kappa shape index (κ1) is 90.8. The van der Waals surface area contributed by atoms with Gasteiger partial charge in [-0.25, -0.2) is 4.57 Å². The lowest BCUT2D eigenvalue weighted by Gasteiger charge is -2.27. The van der Waals surface area contributed by atoms with Crippen molar-refractivity contribution < 1.29 is 37.3 Å². The number of carbonyl (C=O) groups excluding carboxylic acids is 2. The molecule has 3 atom stereocenters. The van der Waals surface area contributed by atoms with Crippen molar-refractivity contribution in [1.82, 2.24) is 5.32 Å². The molecule has 0 aromatic rings. The van der Waals surface area contributed by atoms with Crippen LogP contribution in [0.4, 0.5) is 0 Å². The van der Waals surface area contributed by atoms with Crippen molar-refractivity contribution in [3.63, 3.8) is 0 Å². The number of hydrogen-bond donors (Lipinski definition) is 2. The molecule has 0 saturated carbocycles. The Morgan fingerprint density at radius 2 is 0.620 bits per heavy atom. The Morgan fingerprint density at radius 1 is 0.370 bits per heavy atom. The Hall–Kier alpha value is -1.25. The fourth-order valence-corrected chi connectivity index (χ4v) is 13.9. The van der Waals surface area contributed by atoms with Crippen LogP contribution in [0.1, 0.15) is 451 Å². The molecule has 0 bridgehead atoms. The number of carbonyl (C=O) groups is 2. The van der Waals surface area contributed by atoms with Crippen LogP contribution in [0.2, 0.25) is 0 Å². The smallest absolute Gasteiger partial charge is 0.456 e. The van der Waals surface area contributed by atoms with E-state index in [1.165, 1.54) is 360 Å². The van der Waals surface area contributed by atoms with E-state index in [0.717, 1.165) is 57.8 Å². The van der Waals surface area contributed by atoms with E-state index in [9.17, 15) is 19.0 Å². The van der Waals surface area contributed by atoms with Crippen LogP contribution in [-0.4, -0.2) is 74.3 Å². The third-order valence-electron chi connectivity index (χ3n) is 19.5. The summed E-state index contributed by atoms with van der Waals surface area (Å²) in [5, 5.41) is 3.09. The largest absolute Gasteiger partial charge is 0.472 e. The maximum absolute atomic E-state index is 13.7. The molecular weight excluding hydrogens is 1160 g/mol. The number of allylic oxidation sites excluding steroid dienone is 1. The van der Waals surface area contributed by atoms with Crippen molar-refractivity contribution >= 4 is 19.7 Å². The average Bonchev–Trinajstić information content (AvgIpc) is 3.25. The fourth-order valence-electron chi connectivity index (χ4n) is 13.1. The third-order valence-corrected chi connectivity index (χ3v) is 20.5. The van der Waals surface area contributed by atoms with Gasteiger partial charge in [0.2, 0.25) is 5.91 Å². The van der Waals surface area contributed by atoms with Gasteiger partial charge in [-0.1, -0.05) is 419 Å². The molecule has 0 radical (unpaired) electrons. The molecule has 3 unspecified atom stereocenters. The molecule has 0 aliphatic rings. The van der Waals surface area contributed by atoms with Gasteiger partial charge < -0.3 is 19.4 Å². The Kier molecular flexibility index (Phi) is 71.5. The fraction of sp³-hybridized carbons (Fsp3) is 0.951. The van der Waals surface area contributed by atoms with Crippen LogP contribution < -0.4 is 5.32 Å². The first-order valence-corrected chi connectivity index (χ1v) is 43.0. The number of likely N-dealkylation sites (N-methyl/N-ethyl adjacent to an activating group) is 1. The molecule has 2 N–H and O–H groups in total. The highest BCUT2D eigenvalue weighted by Crippen LogP contribution is 2.43. The molecule has 0 heterocycles. The van der Waals surface area contributed by atoms with Crippen molar-refractivity contribution in [2.45, 2.75) is 463 Å². The summed E-state index contributed by atoms with van der Waals surface area (Å²) in [4.78, 5) is 38.1.